The van der Waals surface area contributed by atoms with Crippen LogP contribution in [0.1, 0.15) is 23.1 Å². The molecule has 8 nitrogen and oxygen atoms in total. The van der Waals surface area contributed by atoms with Crippen molar-refractivity contribution in [3.8, 4) is 5.75 Å². The summed E-state index contributed by atoms with van der Waals surface area (Å²) in [7, 11) is 1.48. The number of anilines is 1. The van der Waals surface area contributed by atoms with Crippen molar-refractivity contribution in [1.82, 2.24) is 5.32 Å². The molecule has 35 heavy (non-hydrogen) atoms. The van der Waals surface area contributed by atoms with Gasteiger partial charge in [-0.2, -0.15) is 0 Å². The van der Waals surface area contributed by atoms with Crippen LogP contribution in [0.4, 0.5) is 10.5 Å². The number of rotatable bonds is 10. The Morgan fingerprint density at radius 3 is 2.03 bits per heavy atom. The second-order valence-corrected chi connectivity index (χ2v) is 7.80. The van der Waals surface area contributed by atoms with Crippen LogP contribution in [0, 0.1) is 6.92 Å². The molecular formula is C27H28N2O6. The minimum atomic E-state index is -1.23. The number of amides is 2. The number of carbonyl (C=O) groups is 3. The molecule has 8 heteroatoms. The van der Waals surface area contributed by atoms with Gasteiger partial charge in [0.2, 0.25) is 5.91 Å². The van der Waals surface area contributed by atoms with E-state index < -0.39 is 24.0 Å². The molecule has 0 aliphatic heterocycles. The summed E-state index contributed by atoms with van der Waals surface area (Å²) in [4.78, 5) is 38.0. The number of methoxy groups -OCH3 is 1. The van der Waals surface area contributed by atoms with Crippen LogP contribution in [0.15, 0.2) is 78.9 Å². The van der Waals surface area contributed by atoms with E-state index in [4.69, 9.17) is 14.2 Å². The van der Waals surface area contributed by atoms with E-state index in [-0.39, 0.29) is 19.6 Å². The number of nitrogens with one attached hydrogen (secondary N) is 2. The molecule has 3 rings (SSSR count). The predicted octanol–water partition coefficient (Wildman–Crippen LogP) is 4.37. The van der Waals surface area contributed by atoms with Crippen molar-refractivity contribution in [2.75, 3.05) is 12.4 Å². The van der Waals surface area contributed by atoms with Gasteiger partial charge in [-0.25, -0.2) is 4.79 Å². The molecule has 0 saturated carbocycles. The van der Waals surface area contributed by atoms with Crippen molar-refractivity contribution in [3.05, 3.63) is 95.6 Å². The quantitative estimate of drug-likeness (QED) is 0.421. The maximum atomic E-state index is 13.1. The number of aryl methyl sites for hydroxylation is 1. The molecule has 0 aliphatic carbocycles. The Kier molecular flexibility index (Phi) is 9.24. The predicted molar refractivity (Wildman–Crippen MR) is 131 cm³/mol. The fraction of sp³-hybridized carbons (Fsp3) is 0.222. The fourth-order valence-electron chi connectivity index (χ4n) is 3.22. The van der Waals surface area contributed by atoms with Crippen molar-refractivity contribution >= 4 is 23.7 Å². The Bertz CT molecular complexity index is 1080. The van der Waals surface area contributed by atoms with Gasteiger partial charge in [-0.3, -0.25) is 9.59 Å². The van der Waals surface area contributed by atoms with Gasteiger partial charge in [-0.1, -0.05) is 66.7 Å². The lowest BCUT2D eigenvalue weighted by molar-refractivity contribution is -0.146. The van der Waals surface area contributed by atoms with Crippen LogP contribution in [0.25, 0.3) is 0 Å². The second-order valence-electron chi connectivity index (χ2n) is 7.80. The van der Waals surface area contributed by atoms with E-state index in [0.29, 0.717) is 11.4 Å². The molecular weight excluding hydrogens is 448 g/mol. The third kappa shape index (κ3) is 8.19. The zero-order chi connectivity index (χ0) is 25.0. The standard InChI is InChI=1S/C27H28N2O6/c1-19-13-14-24(33-2)22(15-19)28-26(31)23(16-25(30)34-17-20-9-5-3-6-10-20)29-27(32)35-18-21-11-7-4-8-12-21/h3-15,23H,16-18H2,1-2H3,(H,28,31)(H,29,32)/t23-/m1/s1. The summed E-state index contributed by atoms with van der Waals surface area (Å²) in [5, 5.41) is 5.19. The first-order valence-electron chi connectivity index (χ1n) is 11.1. The molecule has 0 aromatic heterocycles. The van der Waals surface area contributed by atoms with E-state index in [0.717, 1.165) is 16.7 Å². The van der Waals surface area contributed by atoms with Gasteiger partial charge in [-0.15, -0.1) is 0 Å². The molecule has 0 heterocycles. The summed E-state index contributed by atoms with van der Waals surface area (Å²) in [5.74, 6) is -0.809. The lowest BCUT2D eigenvalue weighted by Crippen LogP contribution is -2.45. The third-order valence-electron chi connectivity index (χ3n) is 5.05. The molecule has 2 amide bonds. The average Bonchev–Trinajstić information content (AvgIpc) is 2.87. The summed E-state index contributed by atoms with van der Waals surface area (Å²) in [5.41, 5.74) is 2.91. The highest BCUT2D eigenvalue weighted by Gasteiger charge is 2.26. The fourth-order valence-corrected chi connectivity index (χ4v) is 3.22. The Labute approximate surface area is 204 Å². The van der Waals surface area contributed by atoms with E-state index in [1.807, 2.05) is 73.7 Å². The molecule has 2 N–H and O–H groups in total. The van der Waals surface area contributed by atoms with Gasteiger partial charge in [0.15, 0.2) is 0 Å². The number of ether oxygens (including phenoxy) is 3. The summed E-state index contributed by atoms with van der Waals surface area (Å²) in [6.07, 6.45) is -1.21. The van der Waals surface area contributed by atoms with E-state index in [2.05, 4.69) is 10.6 Å². The van der Waals surface area contributed by atoms with Gasteiger partial charge in [0.25, 0.3) is 0 Å². The van der Waals surface area contributed by atoms with Crippen molar-refractivity contribution in [1.29, 1.82) is 0 Å². The molecule has 0 bridgehead atoms. The van der Waals surface area contributed by atoms with E-state index in [1.165, 1.54) is 7.11 Å². The van der Waals surface area contributed by atoms with E-state index in [1.54, 1.807) is 12.1 Å². The molecule has 1 atom stereocenters. The highest BCUT2D eigenvalue weighted by atomic mass is 16.5. The summed E-state index contributed by atoms with van der Waals surface area (Å²) >= 11 is 0. The number of alkyl carbamates (subject to hydrolysis) is 1. The van der Waals surface area contributed by atoms with E-state index in [9.17, 15) is 14.4 Å². The number of carbonyl (C=O) groups excluding carboxylic acids is 3. The molecule has 0 saturated heterocycles. The van der Waals surface area contributed by atoms with Crippen LogP contribution < -0.4 is 15.4 Å². The topological polar surface area (TPSA) is 103 Å². The molecule has 0 aliphatic rings. The van der Waals surface area contributed by atoms with Gasteiger partial charge in [0.05, 0.1) is 19.2 Å². The first-order valence-corrected chi connectivity index (χ1v) is 11.1. The largest absolute Gasteiger partial charge is 0.495 e. The van der Waals surface area contributed by atoms with Gasteiger partial charge in [0.1, 0.15) is 25.0 Å². The number of hydrogen-bond donors (Lipinski definition) is 2. The maximum absolute atomic E-state index is 13.1. The van der Waals surface area contributed by atoms with Crippen molar-refractivity contribution in [2.24, 2.45) is 0 Å². The van der Waals surface area contributed by atoms with Gasteiger partial charge in [-0.05, 0) is 35.7 Å². The summed E-state index contributed by atoms with van der Waals surface area (Å²) in [6.45, 7) is 1.94. The Balaban J connectivity index is 1.67. The van der Waals surface area contributed by atoms with Crippen LogP contribution in [0.3, 0.4) is 0 Å². The molecule has 3 aromatic rings. The number of benzene rings is 3. The molecule has 0 unspecified atom stereocenters. The number of esters is 1. The zero-order valence-electron chi connectivity index (χ0n) is 19.7. The van der Waals surface area contributed by atoms with Crippen LogP contribution in [0.2, 0.25) is 0 Å². The maximum Gasteiger partial charge on any atom is 0.408 e. The van der Waals surface area contributed by atoms with Crippen LogP contribution in [-0.4, -0.2) is 31.1 Å². The minimum Gasteiger partial charge on any atom is -0.495 e. The molecule has 0 fully saturated rings. The molecule has 182 valence electrons. The lowest BCUT2D eigenvalue weighted by Gasteiger charge is -2.19. The smallest absolute Gasteiger partial charge is 0.408 e. The highest BCUT2D eigenvalue weighted by Crippen LogP contribution is 2.25. The first kappa shape index (κ1) is 25.3. The third-order valence-corrected chi connectivity index (χ3v) is 5.05. The average molecular weight is 477 g/mol. The van der Waals surface area contributed by atoms with Gasteiger partial charge in [0, 0.05) is 0 Å². The zero-order valence-corrected chi connectivity index (χ0v) is 19.7. The summed E-state index contributed by atoms with van der Waals surface area (Å²) < 4.78 is 15.8. The molecule has 0 spiro atoms. The highest BCUT2D eigenvalue weighted by molar-refractivity contribution is 5.99. The van der Waals surface area contributed by atoms with Crippen molar-refractivity contribution in [3.63, 3.8) is 0 Å². The SMILES string of the molecule is COc1ccc(C)cc1NC(=O)[C@@H](CC(=O)OCc1ccccc1)NC(=O)OCc1ccccc1. The van der Waals surface area contributed by atoms with Crippen molar-refractivity contribution < 1.29 is 28.6 Å². The molecule has 0 radical (unpaired) electrons. The molecule has 3 aromatic carbocycles. The normalized spacial score (nSPS) is 11.1. The second kappa shape index (κ2) is 12.8. The monoisotopic (exact) mass is 476 g/mol. The Hall–Kier alpha value is -4.33. The van der Waals surface area contributed by atoms with Gasteiger partial charge >= 0.3 is 12.1 Å². The van der Waals surface area contributed by atoms with Crippen LogP contribution in [0.5, 0.6) is 5.75 Å². The van der Waals surface area contributed by atoms with E-state index >= 15 is 0 Å². The Morgan fingerprint density at radius 2 is 1.43 bits per heavy atom. The Morgan fingerprint density at radius 1 is 0.829 bits per heavy atom. The van der Waals surface area contributed by atoms with Gasteiger partial charge < -0.3 is 24.8 Å². The van der Waals surface area contributed by atoms with Crippen molar-refractivity contribution in [2.45, 2.75) is 32.6 Å². The minimum absolute atomic E-state index is 0.0190. The number of hydrogen-bond acceptors (Lipinski definition) is 6. The van der Waals surface area contributed by atoms with Crippen LogP contribution >= 0.6 is 0 Å². The summed E-state index contributed by atoms with van der Waals surface area (Å²) in [6, 6.07) is 22.3. The van der Waals surface area contributed by atoms with Crippen LogP contribution in [-0.2, 0) is 32.3 Å². The first-order chi connectivity index (χ1) is 16.9. The lowest BCUT2D eigenvalue weighted by atomic mass is 10.1.